The van der Waals surface area contributed by atoms with Gasteiger partial charge >= 0.3 is 12.0 Å². The zero-order valence-corrected chi connectivity index (χ0v) is 9.91. The lowest BCUT2D eigenvalue weighted by Gasteiger charge is -2.06. The molecule has 0 saturated carbocycles. The molecule has 0 bridgehead atoms. The van der Waals surface area contributed by atoms with E-state index in [0.717, 1.165) is 0 Å². The Bertz CT molecular complexity index is 599. The van der Waals surface area contributed by atoms with Crippen LogP contribution >= 0.6 is 0 Å². The minimum atomic E-state index is -1.12. The number of carboxylic acid groups (broad SMARTS) is 1. The van der Waals surface area contributed by atoms with E-state index in [4.69, 9.17) is 9.84 Å². The van der Waals surface area contributed by atoms with Crippen molar-refractivity contribution in [1.29, 1.82) is 0 Å². The minimum absolute atomic E-state index is 0.00324. The summed E-state index contributed by atoms with van der Waals surface area (Å²) in [4.78, 5) is 22.8. The highest BCUT2D eigenvalue weighted by Gasteiger charge is 2.11. The van der Waals surface area contributed by atoms with E-state index in [-0.39, 0.29) is 11.7 Å². The lowest BCUT2D eigenvalue weighted by molar-refractivity contribution is 0.0689. The first-order chi connectivity index (χ1) is 8.56. The summed E-state index contributed by atoms with van der Waals surface area (Å²) in [6, 6.07) is 4.82. The van der Waals surface area contributed by atoms with E-state index >= 15 is 0 Å². The molecule has 0 unspecified atom stereocenters. The van der Waals surface area contributed by atoms with Crippen molar-refractivity contribution < 1.29 is 14.6 Å². The molecule has 0 radical (unpaired) electrons. The number of rotatable bonds is 3. The largest absolute Gasteiger partial charge is 0.477 e. The first-order valence-electron chi connectivity index (χ1n) is 5.24. The SMILES string of the molecule is Cc1cc(C(=O)O)nc(Oc2cccnc2C)n1. The average molecular weight is 245 g/mol. The van der Waals surface area contributed by atoms with Crippen molar-refractivity contribution in [3.8, 4) is 11.8 Å². The molecule has 0 aromatic carbocycles. The van der Waals surface area contributed by atoms with E-state index in [1.165, 1.54) is 6.07 Å². The van der Waals surface area contributed by atoms with Crippen LogP contribution in [0.5, 0.6) is 11.8 Å². The molecule has 6 heteroatoms. The first kappa shape index (κ1) is 12.0. The zero-order chi connectivity index (χ0) is 13.1. The summed E-state index contributed by atoms with van der Waals surface area (Å²) in [6.07, 6.45) is 1.64. The normalized spacial score (nSPS) is 10.1. The van der Waals surface area contributed by atoms with Crippen LogP contribution in [0.1, 0.15) is 21.9 Å². The third-order valence-corrected chi connectivity index (χ3v) is 2.21. The van der Waals surface area contributed by atoms with Crippen LogP contribution in [-0.4, -0.2) is 26.0 Å². The topological polar surface area (TPSA) is 85.2 Å². The van der Waals surface area contributed by atoms with Gasteiger partial charge in [-0.1, -0.05) is 0 Å². The van der Waals surface area contributed by atoms with Gasteiger partial charge in [-0.2, -0.15) is 4.98 Å². The molecule has 18 heavy (non-hydrogen) atoms. The maximum absolute atomic E-state index is 10.9. The van der Waals surface area contributed by atoms with Crippen molar-refractivity contribution in [3.63, 3.8) is 0 Å². The number of carbonyl (C=O) groups is 1. The molecule has 2 aromatic heterocycles. The quantitative estimate of drug-likeness (QED) is 0.889. The summed E-state index contributed by atoms with van der Waals surface area (Å²) in [5.41, 5.74) is 1.11. The summed E-state index contributed by atoms with van der Waals surface area (Å²) in [6.45, 7) is 3.46. The minimum Gasteiger partial charge on any atom is -0.477 e. The maximum atomic E-state index is 10.9. The van der Waals surface area contributed by atoms with E-state index in [1.54, 1.807) is 32.2 Å². The molecule has 0 aliphatic carbocycles. The summed E-state index contributed by atoms with van der Waals surface area (Å²) in [5.74, 6) is -0.618. The van der Waals surface area contributed by atoms with Gasteiger partial charge in [-0.3, -0.25) is 4.98 Å². The van der Waals surface area contributed by atoms with Gasteiger partial charge in [-0.05, 0) is 32.0 Å². The van der Waals surface area contributed by atoms with Crippen LogP contribution in [0.15, 0.2) is 24.4 Å². The van der Waals surface area contributed by atoms with Crippen LogP contribution in [0.2, 0.25) is 0 Å². The number of aryl methyl sites for hydroxylation is 2. The standard InChI is InChI=1S/C12H11N3O3/c1-7-6-9(11(16)17)15-12(14-7)18-10-4-3-5-13-8(10)2/h3-6H,1-2H3,(H,16,17). The van der Waals surface area contributed by atoms with Gasteiger partial charge in [0, 0.05) is 11.9 Å². The molecule has 0 amide bonds. The monoisotopic (exact) mass is 245 g/mol. The molecule has 0 atom stereocenters. The van der Waals surface area contributed by atoms with Crippen molar-refractivity contribution in [1.82, 2.24) is 15.0 Å². The van der Waals surface area contributed by atoms with Crippen molar-refractivity contribution in [2.45, 2.75) is 13.8 Å². The fourth-order valence-corrected chi connectivity index (χ4v) is 1.37. The van der Waals surface area contributed by atoms with Crippen LogP contribution in [-0.2, 0) is 0 Å². The average Bonchev–Trinajstić information content (AvgIpc) is 2.31. The second-order valence-corrected chi connectivity index (χ2v) is 3.67. The van der Waals surface area contributed by atoms with E-state index in [1.807, 2.05) is 0 Å². The molecule has 0 saturated heterocycles. The van der Waals surface area contributed by atoms with Gasteiger partial charge < -0.3 is 9.84 Å². The molecule has 0 aliphatic rings. The van der Waals surface area contributed by atoms with Gasteiger partial charge in [0.15, 0.2) is 11.4 Å². The molecule has 1 N–H and O–H groups in total. The maximum Gasteiger partial charge on any atom is 0.354 e. The van der Waals surface area contributed by atoms with Crippen molar-refractivity contribution in [2.24, 2.45) is 0 Å². The van der Waals surface area contributed by atoms with E-state index in [0.29, 0.717) is 17.1 Å². The second-order valence-electron chi connectivity index (χ2n) is 3.67. The smallest absolute Gasteiger partial charge is 0.354 e. The summed E-state index contributed by atoms with van der Waals surface area (Å²) in [7, 11) is 0. The van der Waals surface area contributed by atoms with Crippen LogP contribution in [0.4, 0.5) is 0 Å². The van der Waals surface area contributed by atoms with Gasteiger partial charge in [-0.25, -0.2) is 9.78 Å². The molecule has 0 spiro atoms. The van der Waals surface area contributed by atoms with E-state index in [2.05, 4.69) is 15.0 Å². The van der Waals surface area contributed by atoms with E-state index in [9.17, 15) is 4.79 Å². The lowest BCUT2D eigenvalue weighted by atomic mass is 10.3. The van der Waals surface area contributed by atoms with Crippen molar-refractivity contribution in [2.75, 3.05) is 0 Å². The predicted octanol–water partition coefficient (Wildman–Crippen LogP) is 1.98. The fourth-order valence-electron chi connectivity index (χ4n) is 1.37. The van der Waals surface area contributed by atoms with Crippen LogP contribution < -0.4 is 4.74 Å². The Morgan fingerprint density at radius 2 is 2.11 bits per heavy atom. The highest BCUT2D eigenvalue weighted by atomic mass is 16.5. The molecule has 2 heterocycles. The molecular weight excluding hydrogens is 234 g/mol. The Kier molecular flexibility index (Phi) is 3.18. The van der Waals surface area contributed by atoms with Gasteiger partial charge in [0.25, 0.3) is 0 Å². The predicted molar refractivity (Wildman–Crippen MR) is 62.8 cm³/mol. The Morgan fingerprint density at radius 3 is 2.78 bits per heavy atom. The highest BCUT2D eigenvalue weighted by Crippen LogP contribution is 2.20. The fraction of sp³-hybridized carbons (Fsp3) is 0.167. The van der Waals surface area contributed by atoms with Gasteiger partial charge in [0.2, 0.25) is 0 Å². The number of pyridine rings is 1. The molecule has 0 aliphatic heterocycles. The van der Waals surface area contributed by atoms with Crippen LogP contribution in [0.25, 0.3) is 0 Å². The number of hydrogen-bond donors (Lipinski definition) is 1. The lowest BCUT2D eigenvalue weighted by Crippen LogP contribution is -2.04. The Hall–Kier alpha value is -2.50. The van der Waals surface area contributed by atoms with Crippen molar-refractivity contribution in [3.05, 3.63) is 41.5 Å². The number of ether oxygens (including phenoxy) is 1. The highest BCUT2D eigenvalue weighted by molar-refractivity contribution is 5.85. The second kappa shape index (κ2) is 4.79. The zero-order valence-electron chi connectivity index (χ0n) is 9.91. The van der Waals surface area contributed by atoms with E-state index < -0.39 is 5.97 Å². The number of nitrogens with zero attached hydrogens (tertiary/aromatic N) is 3. The molecule has 0 fully saturated rings. The molecule has 6 nitrogen and oxygen atoms in total. The summed E-state index contributed by atoms with van der Waals surface area (Å²) >= 11 is 0. The molecule has 92 valence electrons. The number of hydrogen-bond acceptors (Lipinski definition) is 5. The number of aromatic carboxylic acids is 1. The van der Waals surface area contributed by atoms with Gasteiger partial charge in [-0.15, -0.1) is 0 Å². The first-order valence-corrected chi connectivity index (χ1v) is 5.24. The third kappa shape index (κ3) is 2.60. The van der Waals surface area contributed by atoms with Gasteiger partial charge in [0.05, 0.1) is 5.69 Å². The van der Waals surface area contributed by atoms with Crippen LogP contribution in [0, 0.1) is 13.8 Å². The molecule has 2 aromatic rings. The molecule has 2 rings (SSSR count). The van der Waals surface area contributed by atoms with Crippen molar-refractivity contribution >= 4 is 5.97 Å². The number of aromatic nitrogens is 3. The molecular formula is C12H11N3O3. The number of carboxylic acids is 1. The summed E-state index contributed by atoms with van der Waals surface area (Å²) < 4.78 is 5.43. The summed E-state index contributed by atoms with van der Waals surface area (Å²) in [5, 5.41) is 8.90. The van der Waals surface area contributed by atoms with Gasteiger partial charge in [0.1, 0.15) is 0 Å². The van der Waals surface area contributed by atoms with Crippen LogP contribution in [0.3, 0.4) is 0 Å². The third-order valence-electron chi connectivity index (χ3n) is 2.21. The Labute approximate surface area is 103 Å². The Balaban J connectivity index is 2.35. The Morgan fingerprint density at radius 1 is 1.33 bits per heavy atom.